The molecule has 0 saturated carbocycles. The average molecular weight is 543 g/mol. The molecule has 3 aromatic rings. The average Bonchev–Trinajstić information content (AvgIpc) is 3.25. The van der Waals surface area contributed by atoms with Crippen molar-refractivity contribution in [2.45, 2.75) is 36.3 Å². The molecule has 4 rings (SSSR count). The number of hydrogen-bond acceptors (Lipinski definition) is 4. The Bertz CT molecular complexity index is 1400. The van der Waals surface area contributed by atoms with Gasteiger partial charge in [-0.1, -0.05) is 0 Å². The van der Waals surface area contributed by atoms with Crippen LogP contribution in [0.5, 0.6) is 0 Å². The van der Waals surface area contributed by atoms with Crippen molar-refractivity contribution in [3.05, 3.63) is 83.6 Å². The van der Waals surface area contributed by atoms with Crippen molar-refractivity contribution in [1.82, 2.24) is 14.6 Å². The molecule has 0 spiro atoms. The first-order valence-electron chi connectivity index (χ1n) is 10.9. The molecule has 2 aromatic carbocycles. The second-order valence-electron chi connectivity index (χ2n) is 8.37. The van der Waals surface area contributed by atoms with Crippen molar-refractivity contribution in [2.75, 3.05) is 6.54 Å². The number of nitrogens with one attached hydrogen (secondary N) is 1. The summed E-state index contributed by atoms with van der Waals surface area (Å²) >= 11 is 0. The molecule has 2 heterocycles. The first-order valence-corrected chi connectivity index (χ1v) is 12.3. The summed E-state index contributed by atoms with van der Waals surface area (Å²) in [4.78, 5) is 16.2. The van der Waals surface area contributed by atoms with Crippen LogP contribution in [0.3, 0.4) is 0 Å². The van der Waals surface area contributed by atoms with Crippen molar-refractivity contribution in [2.24, 2.45) is 0 Å². The van der Waals surface area contributed by atoms with Gasteiger partial charge in [0.2, 0.25) is 15.9 Å². The monoisotopic (exact) mass is 543 g/mol. The maximum atomic E-state index is 14.2. The third-order valence-corrected chi connectivity index (χ3v) is 7.63. The number of hydrogen-bond donors (Lipinski definition) is 1. The van der Waals surface area contributed by atoms with Gasteiger partial charge in [0.25, 0.3) is 0 Å². The number of benzene rings is 2. The van der Waals surface area contributed by atoms with E-state index in [9.17, 15) is 39.6 Å². The molecule has 13 heteroatoms. The van der Waals surface area contributed by atoms with Crippen LogP contribution in [0.25, 0.3) is 11.3 Å². The highest BCUT2D eigenvalue weighted by molar-refractivity contribution is 7.89. The number of halogens is 6. The Morgan fingerprint density at radius 1 is 1.03 bits per heavy atom. The predicted molar refractivity (Wildman–Crippen MR) is 120 cm³/mol. The molecular formula is C24H19F6N3O3S. The van der Waals surface area contributed by atoms with Crippen LogP contribution in [0.4, 0.5) is 26.3 Å². The van der Waals surface area contributed by atoms with Crippen molar-refractivity contribution in [3.8, 4) is 11.3 Å². The highest BCUT2D eigenvalue weighted by Gasteiger charge is 2.44. The molecule has 0 aliphatic carbocycles. The van der Waals surface area contributed by atoms with E-state index in [4.69, 9.17) is 0 Å². The third-order valence-electron chi connectivity index (χ3n) is 5.74. The lowest BCUT2D eigenvalue weighted by Crippen LogP contribution is -2.45. The number of rotatable bonds is 6. The Kier molecular flexibility index (Phi) is 7.29. The Morgan fingerprint density at radius 2 is 1.73 bits per heavy atom. The summed E-state index contributed by atoms with van der Waals surface area (Å²) in [5.74, 6) is -2.24. The molecule has 1 amide bonds. The summed E-state index contributed by atoms with van der Waals surface area (Å²) in [6.07, 6.45) is -5.99. The molecule has 1 aliphatic heterocycles. The molecule has 2 atom stereocenters. The van der Waals surface area contributed by atoms with Crippen LogP contribution in [0.2, 0.25) is 0 Å². The van der Waals surface area contributed by atoms with Crippen LogP contribution in [0.15, 0.2) is 65.7 Å². The van der Waals surface area contributed by atoms with Crippen LogP contribution in [0.1, 0.15) is 17.5 Å². The van der Waals surface area contributed by atoms with Gasteiger partial charge in [-0.3, -0.25) is 9.78 Å². The number of nitrogens with zero attached hydrogens (tertiary/aromatic N) is 2. The van der Waals surface area contributed by atoms with E-state index in [1.807, 2.05) is 0 Å². The minimum atomic E-state index is -4.58. The predicted octanol–water partition coefficient (Wildman–Crippen LogP) is 4.46. The van der Waals surface area contributed by atoms with Gasteiger partial charge in [-0.25, -0.2) is 21.6 Å². The van der Waals surface area contributed by atoms with Crippen LogP contribution in [-0.2, 0) is 27.5 Å². The van der Waals surface area contributed by atoms with Gasteiger partial charge < -0.3 is 5.32 Å². The number of carbonyl (C=O) groups is 1. The van der Waals surface area contributed by atoms with Gasteiger partial charge in [-0.15, -0.1) is 0 Å². The highest BCUT2D eigenvalue weighted by Crippen LogP contribution is 2.31. The van der Waals surface area contributed by atoms with Gasteiger partial charge in [0.15, 0.2) is 0 Å². The standard InChI is InChI=1S/C24H19F6N3O3S/c25-17-2-4-20(5-3-17)37(35,36)33-13-19(27)10-22(33)23(34)32-11-14-7-15(9-18(26)8-14)21-6-1-16(12-31-21)24(28,29)30/h1-9,12,19,22H,10-11,13H2,(H,32,34). The first-order chi connectivity index (χ1) is 17.3. The van der Waals surface area contributed by atoms with E-state index in [1.165, 1.54) is 6.07 Å². The van der Waals surface area contributed by atoms with Crippen LogP contribution < -0.4 is 5.32 Å². The van der Waals surface area contributed by atoms with Gasteiger partial charge in [0.1, 0.15) is 23.8 Å². The topological polar surface area (TPSA) is 79.4 Å². The third kappa shape index (κ3) is 5.93. The summed E-state index contributed by atoms with van der Waals surface area (Å²) in [6.45, 7) is -0.844. The van der Waals surface area contributed by atoms with Crippen LogP contribution >= 0.6 is 0 Å². The van der Waals surface area contributed by atoms with E-state index < -0.39 is 64.5 Å². The number of amides is 1. The summed E-state index contributed by atoms with van der Waals surface area (Å²) < 4.78 is 106. The summed E-state index contributed by atoms with van der Waals surface area (Å²) in [5.41, 5.74) is -0.535. The SMILES string of the molecule is O=C(NCc1cc(F)cc(-c2ccc(C(F)(F)F)cn2)c1)C1CC(F)CN1S(=O)(=O)c1ccc(F)cc1. The number of carbonyl (C=O) groups excluding carboxylic acids is 1. The molecule has 37 heavy (non-hydrogen) atoms. The Labute approximate surface area is 208 Å². The Balaban J connectivity index is 1.50. The molecular weight excluding hydrogens is 524 g/mol. The Morgan fingerprint density at radius 3 is 2.35 bits per heavy atom. The van der Waals surface area contributed by atoms with Crippen LogP contribution in [0, 0.1) is 11.6 Å². The highest BCUT2D eigenvalue weighted by atomic mass is 32.2. The number of pyridine rings is 1. The van der Waals surface area contributed by atoms with E-state index in [-0.39, 0.29) is 28.3 Å². The smallest absolute Gasteiger partial charge is 0.351 e. The lowest BCUT2D eigenvalue weighted by Gasteiger charge is -2.23. The lowest BCUT2D eigenvalue weighted by atomic mass is 10.1. The van der Waals surface area contributed by atoms with Gasteiger partial charge in [-0.05, 0) is 60.2 Å². The molecule has 1 saturated heterocycles. The fourth-order valence-electron chi connectivity index (χ4n) is 3.94. The van der Waals surface area contributed by atoms with Crippen molar-refractivity contribution in [3.63, 3.8) is 0 Å². The van der Waals surface area contributed by atoms with Crippen LogP contribution in [-0.4, -0.2) is 42.4 Å². The minimum absolute atomic E-state index is 0.0627. The quantitative estimate of drug-likeness (QED) is 0.466. The first kappa shape index (κ1) is 26.6. The van der Waals surface area contributed by atoms with E-state index in [1.54, 1.807) is 0 Å². The maximum absolute atomic E-state index is 14.2. The van der Waals surface area contributed by atoms with E-state index in [0.717, 1.165) is 48.5 Å². The molecule has 1 fully saturated rings. The fourth-order valence-corrected chi connectivity index (χ4v) is 5.57. The zero-order chi connectivity index (χ0) is 27.0. The van der Waals surface area contributed by atoms with Gasteiger partial charge in [0, 0.05) is 31.3 Å². The maximum Gasteiger partial charge on any atom is 0.417 e. The summed E-state index contributed by atoms with van der Waals surface area (Å²) in [7, 11) is -4.31. The number of aromatic nitrogens is 1. The van der Waals surface area contributed by atoms with Crippen molar-refractivity contribution in [1.29, 1.82) is 0 Å². The normalized spacial score (nSPS) is 18.6. The second-order valence-corrected chi connectivity index (χ2v) is 10.3. The summed E-state index contributed by atoms with van der Waals surface area (Å²) in [5, 5.41) is 2.45. The molecule has 6 nitrogen and oxygen atoms in total. The van der Waals surface area contributed by atoms with E-state index in [2.05, 4.69) is 10.3 Å². The molecule has 0 bridgehead atoms. The molecule has 1 N–H and O–H groups in total. The fraction of sp³-hybridized carbons (Fsp3) is 0.250. The zero-order valence-electron chi connectivity index (χ0n) is 18.8. The van der Waals surface area contributed by atoms with Gasteiger partial charge in [0.05, 0.1) is 16.2 Å². The largest absolute Gasteiger partial charge is 0.417 e. The minimum Gasteiger partial charge on any atom is -0.351 e. The van der Waals surface area contributed by atoms with E-state index >= 15 is 0 Å². The molecule has 196 valence electrons. The zero-order valence-corrected chi connectivity index (χ0v) is 19.7. The molecule has 0 radical (unpaired) electrons. The second kappa shape index (κ2) is 10.1. The Hall–Kier alpha value is -3.45. The number of sulfonamides is 1. The van der Waals surface area contributed by atoms with Crippen molar-refractivity contribution < 1.29 is 39.6 Å². The number of alkyl halides is 4. The van der Waals surface area contributed by atoms with Crippen molar-refractivity contribution >= 4 is 15.9 Å². The van der Waals surface area contributed by atoms with Gasteiger partial charge >= 0.3 is 6.18 Å². The van der Waals surface area contributed by atoms with Gasteiger partial charge in [-0.2, -0.15) is 17.5 Å². The summed E-state index contributed by atoms with van der Waals surface area (Å²) in [6, 6.07) is 7.90. The van der Waals surface area contributed by atoms with E-state index in [0.29, 0.717) is 10.5 Å². The molecule has 2 unspecified atom stereocenters. The molecule has 1 aromatic heterocycles. The molecule has 1 aliphatic rings. The lowest BCUT2D eigenvalue weighted by molar-refractivity contribution is -0.137.